The van der Waals surface area contributed by atoms with Crippen molar-refractivity contribution in [1.29, 1.82) is 0 Å². The Balaban J connectivity index is 1.43. The standard InChI is InChI=1S/C34H33N3O4S/c1-4-41-29-18-12-25(13-19-29)22-31(37-33(39)26-8-6-5-7-9-26)34(40)36-28-16-20-30(21-17-28)42-24(3)32(38)35-27-14-10-23(2)11-15-27/h5-22,24H,4H2,1-3H3,(H,35,38)(H,36,40)(H,37,39)/b31-22-. The third kappa shape index (κ3) is 8.84. The second-order valence-electron chi connectivity index (χ2n) is 9.47. The minimum Gasteiger partial charge on any atom is -0.494 e. The molecule has 0 radical (unpaired) electrons. The predicted molar refractivity (Wildman–Crippen MR) is 170 cm³/mol. The number of amides is 3. The van der Waals surface area contributed by atoms with Crippen LogP contribution in [-0.4, -0.2) is 29.6 Å². The maximum Gasteiger partial charge on any atom is 0.272 e. The van der Waals surface area contributed by atoms with Crippen LogP contribution in [0.5, 0.6) is 5.75 Å². The van der Waals surface area contributed by atoms with Gasteiger partial charge >= 0.3 is 0 Å². The van der Waals surface area contributed by atoms with Crippen molar-refractivity contribution in [2.75, 3.05) is 17.2 Å². The quantitative estimate of drug-likeness (QED) is 0.132. The highest BCUT2D eigenvalue weighted by Crippen LogP contribution is 2.26. The zero-order valence-electron chi connectivity index (χ0n) is 23.7. The fourth-order valence-corrected chi connectivity index (χ4v) is 4.76. The molecule has 214 valence electrons. The monoisotopic (exact) mass is 579 g/mol. The summed E-state index contributed by atoms with van der Waals surface area (Å²) in [5.41, 5.74) is 3.68. The molecule has 0 saturated carbocycles. The Morgan fingerprint density at radius 3 is 2.07 bits per heavy atom. The molecule has 8 heteroatoms. The van der Waals surface area contributed by atoms with Crippen LogP contribution in [0.25, 0.3) is 6.08 Å². The molecule has 0 bridgehead atoms. The van der Waals surface area contributed by atoms with Crippen molar-refractivity contribution in [2.45, 2.75) is 30.9 Å². The molecule has 0 heterocycles. The number of carbonyl (C=O) groups is 3. The van der Waals surface area contributed by atoms with Crippen LogP contribution in [0.15, 0.2) is 114 Å². The maximum atomic E-state index is 13.3. The smallest absolute Gasteiger partial charge is 0.272 e. The van der Waals surface area contributed by atoms with Crippen LogP contribution in [0.3, 0.4) is 0 Å². The largest absolute Gasteiger partial charge is 0.494 e. The highest BCUT2D eigenvalue weighted by atomic mass is 32.2. The van der Waals surface area contributed by atoms with E-state index in [0.717, 1.165) is 21.7 Å². The van der Waals surface area contributed by atoms with E-state index in [2.05, 4.69) is 16.0 Å². The summed E-state index contributed by atoms with van der Waals surface area (Å²) in [6, 6.07) is 30.8. The Hall–Kier alpha value is -4.82. The summed E-state index contributed by atoms with van der Waals surface area (Å²) in [5.74, 6) is -0.250. The minimum atomic E-state index is -0.473. The van der Waals surface area contributed by atoms with Crippen LogP contribution in [0.1, 0.15) is 35.3 Å². The number of thioether (sulfide) groups is 1. The van der Waals surface area contributed by atoms with Crippen LogP contribution in [0, 0.1) is 6.92 Å². The van der Waals surface area contributed by atoms with Gasteiger partial charge in [0.15, 0.2) is 0 Å². The van der Waals surface area contributed by atoms with Crippen LogP contribution >= 0.6 is 11.8 Å². The summed E-state index contributed by atoms with van der Waals surface area (Å²) < 4.78 is 5.50. The molecular formula is C34H33N3O4S. The van der Waals surface area contributed by atoms with Crippen molar-refractivity contribution in [3.8, 4) is 5.75 Å². The molecule has 0 fully saturated rings. The lowest BCUT2D eigenvalue weighted by atomic mass is 10.1. The van der Waals surface area contributed by atoms with Crippen LogP contribution in [-0.2, 0) is 9.59 Å². The molecule has 4 aromatic carbocycles. The average molecular weight is 580 g/mol. The Bertz CT molecular complexity index is 1530. The van der Waals surface area contributed by atoms with E-state index in [0.29, 0.717) is 23.6 Å². The first-order chi connectivity index (χ1) is 20.3. The number of benzene rings is 4. The Kier molecular flexibility index (Phi) is 10.6. The van der Waals surface area contributed by atoms with E-state index in [4.69, 9.17) is 4.74 Å². The first-order valence-corrected chi connectivity index (χ1v) is 14.4. The summed E-state index contributed by atoms with van der Waals surface area (Å²) in [4.78, 5) is 39.7. The molecule has 1 atom stereocenters. The van der Waals surface area contributed by atoms with Crippen molar-refractivity contribution in [2.24, 2.45) is 0 Å². The van der Waals surface area contributed by atoms with Gasteiger partial charge in [-0.15, -0.1) is 11.8 Å². The molecule has 3 amide bonds. The molecule has 0 aliphatic carbocycles. The second kappa shape index (κ2) is 14.7. The van der Waals surface area contributed by atoms with E-state index in [1.54, 1.807) is 42.5 Å². The molecule has 0 spiro atoms. The van der Waals surface area contributed by atoms with Crippen LogP contribution in [0.2, 0.25) is 0 Å². The summed E-state index contributed by atoms with van der Waals surface area (Å²) in [6.07, 6.45) is 1.62. The number of anilines is 2. The summed E-state index contributed by atoms with van der Waals surface area (Å²) >= 11 is 1.42. The van der Waals surface area contributed by atoms with Gasteiger partial charge in [-0.2, -0.15) is 0 Å². The first kappa shape index (κ1) is 30.1. The Morgan fingerprint density at radius 1 is 0.810 bits per heavy atom. The van der Waals surface area contributed by atoms with E-state index in [9.17, 15) is 14.4 Å². The van der Waals surface area contributed by atoms with Crippen molar-refractivity contribution in [3.05, 3.63) is 126 Å². The third-order valence-corrected chi connectivity index (χ3v) is 7.26. The number of hydrogen-bond donors (Lipinski definition) is 3. The van der Waals surface area contributed by atoms with Crippen LogP contribution in [0.4, 0.5) is 11.4 Å². The second-order valence-corrected chi connectivity index (χ2v) is 10.9. The van der Waals surface area contributed by atoms with Crippen molar-refractivity contribution < 1.29 is 19.1 Å². The fourth-order valence-electron chi connectivity index (χ4n) is 3.89. The van der Waals surface area contributed by atoms with Crippen LogP contribution < -0.4 is 20.7 Å². The van der Waals surface area contributed by atoms with E-state index < -0.39 is 11.8 Å². The highest BCUT2D eigenvalue weighted by molar-refractivity contribution is 8.00. The minimum absolute atomic E-state index is 0.0906. The average Bonchev–Trinajstić information content (AvgIpc) is 3.00. The molecule has 4 aromatic rings. The van der Waals surface area contributed by atoms with Gasteiger partial charge in [0.1, 0.15) is 11.4 Å². The summed E-state index contributed by atoms with van der Waals surface area (Å²) in [6.45, 7) is 6.30. The van der Waals surface area contributed by atoms with Crippen molar-refractivity contribution in [3.63, 3.8) is 0 Å². The highest BCUT2D eigenvalue weighted by Gasteiger charge is 2.17. The third-order valence-electron chi connectivity index (χ3n) is 6.14. The van der Waals surface area contributed by atoms with Crippen molar-refractivity contribution >= 4 is 46.9 Å². The number of hydrogen-bond acceptors (Lipinski definition) is 5. The molecule has 0 saturated heterocycles. The molecule has 0 aromatic heterocycles. The number of aryl methyl sites for hydroxylation is 1. The SMILES string of the molecule is CCOc1ccc(/C=C(\NC(=O)c2ccccc2)C(=O)Nc2ccc(SC(C)C(=O)Nc3ccc(C)cc3)cc2)cc1. The van der Waals surface area contributed by atoms with Crippen molar-refractivity contribution in [1.82, 2.24) is 5.32 Å². The lowest BCUT2D eigenvalue weighted by Crippen LogP contribution is -2.30. The number of ether oxygens (including phenoxy) is 1. The summed E-state index contributed by atoms with van der Waals surface area (Å²) in [5, 5.41) is 8.20. The molecular weight excluding hydrogens is 546 g/mol. The van der Waals surface area contributed by atoms with Gasteiger partial charge in [-0.25, -0.2) is 0 Å². The first-order valence-electron chi connectivity index (χ1n) is 13.6. The molecule has 0 aliphatic rings. The molecule has 7 nitrogen and oxygen atoms in total. The van der Waals surface area contributed by atoms with Gasteiger partial charge in [0.25, 0.3) is 11.8 Å². The normalized spacial score (nSPS) is 11.7. The van der Waals surface area contributed by atoms with Gasteiger partial charge in [-0.05, 0) is 93.1 Å². The topological polar surface area (TPSA) is 96.5 Å². The lowest BCUT2D eigenvalue weighted by Gasteiger charge is -2.14. The van der Waals surface area contributed by atoms with E-state index >= 15 is 0 Å². The Labute approximate surface area is 250 Å². The van der Waals surface area contributed by atoms with E-state index in [1.165, 1.54) is 11.8 Å². The molecule has 4 rings (SSSR count). The zero-order valence-corrected chi connectivity index (χ0v) is 24.5. The van der Waals surface area contributed by atoms with Gasteiger partial charge in [0.05, 0.1) is 11.9 Å². The predicted octanol–water partition coefficient (Wildman–Crippen LogP) is 6.92. The van der Waals surface area contributed by atoms with Gasteiger partial charge < -0.3 is 20.7 Å². The van der Waals surface area contributed by atoms with Gasteiger partial charge in [0.2, 0.25) is 5.91 Å². The Morgan fingerprint density at radius 2 is 1.43 bits per heavy atom. The molecule has 3 N–H and O–H groups in total. The van der Waals surface area contributed by atoms with Gasteiger partial charge in [0, 0.05) is 21.8 Å². The van der Waals surface area contributed by atoms with E-state index in [1.807, 2.05) is 87.5 Å². The molecule has 0 aliphatic heterocycles. The van der Waals surface area contributed by atoms with Gasteiger partial charge in [-0.1, -0.05) is 48.0 Å². The molecule has 42 heavy (non-hydrogen) atoms. The lowest BCUT2D eigenvalue weighted by molar-refractivity contribution is -0.115. The fraction of sp³-hybridized carbons (Fsp3) is 0.147. The number of rotatable bonds is 11. The number of nitrogens with one attached hydrogen (secondary N) is 3. The van der Waals surface area contributed by atoms with E-state index in [-0.39, 0.29) is 16.9 Å². The van der Waals surface area contributed by atoms with Gasteiger partial charge in [-0.3, -0.25) is 14.4 Å². The summed E-state index contributed by atoms with van der Waals surface area (Å²) in [7, 11) is 0. The molecule has 1 unspecified atom stereocenters. The zero-order chi connectivity index (χ0) is 29.9. The number of carbonyl (C=O) groups excluding carboxylic acids is 3. The maximum absolute atomic E-state index is 13.3.